The number of rotatable bonds is 0. The van der Waals surface area contributed by atoms with Gasteiger partial charge in [0.15, 0.2) is 0 Å². The van der Waals surface area contributed by atoms with Crippen LogP contribution in [0.2, 0.25) is 0 Å². The van der Waals surface area contributed by atoms with E-state index in [0.717, 1.165) is 4.90 Å². The molecule has 0 bridgehead atoms. The molecule has 1 heterocycles. The third-order valence-corrected chi connectivity index (χ3v) is 2.78. The van der Waals surface area contributed by atoms with E-state index in [1.807, 2.05) is 0 Å². The average Bonchev–Trinajstić information content (AvgIpc) is 2.50. The van der Waals surface area contributed by atoms with Crippen molar-refractivity contribution in [2.75, 3.05) is 10.6 Å². The minimum Gasteiger partial charge on any atom is -0.399 e. The Balaban J connectivity index is 2.42. The number of nitrogen functional groups attached to an aromatic ring is 1. The van der Waals surface area contributed by atoms with E-state index in [2.05, 4.69) is 0 Å². The molecule has 1 atom stereocenters. The topological polar surface area (TPSA) is 46.3 Å². The van der Waals surface area contributed by atoms with Gasteiger partial charge in [0.05, 0.1) is 0 Å². The van der Waals surface area contributed by atoms with Crippen LogP contribution >= 0.6 is 0 Å². The van der Waals surface area contributed by atoms with Gasteiger partial charge in [-0.1, -0.05) is 0 Å². The SMILES string of the molecule is CC1Cc2cc(N)ccc2N1C(=O)C(F)(F)F. The molecule has 0 fully saturated rings. The van der Waals surface area contributed by atoms with Crippen LogP contribution < -0.4 is 10.6 Å². The maximum atomic E-state index is 12.4. The third kappa shape index (κ3) is 1.94. The highest BCUT2D eigenvalue weighted by Crippen LogP contribution is 2.36. The van der Waals surface area contributed by atoms with Gasteiger partial charge in [-0.3, -0.25) is 4.79 Å². The standard InChI is InChI=1S/C11H11F3N2O/c1-6-4-7-5-8(15)2-3-9(7)16(6)10(17)11(12,13)14/h2-3,5-6H,4,15H2,1H3. The van der Waals surface area contributed by atoms with Crippen molar-refractivity contribution >= 4 is 17.3 Å². The van der Waals surface area contributed by atoms with Gasteiger partial charge in [0.2, 0.25) is 0 Å². The van der Waals surface area contributed by atoms with E-state index in [9.17, 15) is 18.0 Å². The number of halogens is 3. The van der Waals surface area contributed by atoms with E-state index in [4.69, 9.17) is 5.73 Å². The fourth-order valence-electron chi connectivity index (χ4n) is 2.10. The molecule has 1 aliphatic heterocycles. The monoisotopic (exact) mass is 244 g/mol. The van der Waals surface area contributed by atoms with Crippen LogP contribution in [0.3, 0.4) is 0 Å². The lowest BCUT2D eigenvalue weighted by atomic mass is 10.1. The average molecular weight is 244 g/mol. The lowest BCUT2D eigenvalue weighted by Gasteiger charge is -2.23. The number of hydrogen-bond acceptors (Lipinski definition) is 2. The maximum Gasteiger partial charge on any atom is 0.471 e. The van der Waals surface area contributed by atoms with E-state index < -0.39 is 18.1 Å². The predicted octanol–water partition coefficient (Wildman–Crippen LogP) is 2.11. The number of benzene rings is 1. The summed E-state index contributed by atoms with van der Waals surface area (Å²) in [7, 11) is 0. The fraction of sp³-hybridized carbons (Fsp3) is 0.364. The first-order valence-corrected chi connectivity index (χ1v) is 5.09. The highest BCUT2D eigenvalue weighted by Gasteiger charge is 2.46. The van der Waals surface area contributed by atoms with Crippen LogP contribution in [0, 0.1) is 0 Å². The molecule has 92 valence electrons. The van der Waals surface area contributed by atoms with E-state index in [1.165, 1.54) is 12.1 Å². The molecule has 2 N–H and O–H groups in total. The lowest BCUT2D eigenvalue weighted by Crippen LogP contribution is -2.44. The molecule has 0 spiro atoms. The summed E-state index contributed by atoms with van der Waals surface area (Å²) in [6.45, 7) is 1.58. The molecular formula is C11H11F3N2O. The highest BCUT2D eigenvalue weighted by atomic mass is 19.4. The minimum atomic E-state index is -4.85. The fourth-order valence-corrected chi connectivity index (χ4v) is 2.10. The molecule has 17 heavy (non-hydrogen) atoms. The van der Waals surface area contributed by atoms with Crippen molar-refractivity contribution in [3.63, 3.8) is 0 Å². The van der Waals surface area contributed by atoms with Crippen LogP contribution in [-0.4, -0.2) is 18.1 Å². The number of carbonyl (C=O) groups excluding carboxylic acids is 1. The van der Waals surface area contributed by atoms with Gasteiger partial charge >= 0.3 is 12.1 Å². The van der Waals surface area contributed by atoms with Crippen LogP contribution in [0.4, 0.5) is 24.5 Å². The Bertz CT molecular complexity index is 470. The van der Waals surface area contributed by atoms with Gasteiger partial charge in [-0.05, 0) is 37.1 Å². The number of amides is 1. The number of nitrogens with zero attached hydrogens (tertiary/aromatic N) is 1. The quantitative estimate of drug-likeness (QED) is 0.710. The first-order valence-electron chi connectivity index (χ1n) is 5.09. The first kappa shape index (κ1) is 11.8. The predicted molar refractivity (Wildman–Crippen MR) is 57.6 cm³/mol. The van der Waals surface area contributed by atoms with Gasteiger partial charge in [0.25, 0.3) is 0 Å². The number of carbonyl (C=O) groups is 1. The summed E-state index contributed by atoms with van der Waals surface area (Å²) in [5, 5.41) is 0. The Morgan fingerprint density at radius 3 is 2.71 bits per heavy atom. The van der Waals surface area contributed by atoms with Gasteiger partial charge < -0.3 is 10.6 Å². The highest BCUT2D eigenvalue weighted by molar-refractivity contribution is 5.99. The number of nitrogens with two attached hydrogens (primary N) is 1. The molecule has 1 aromatic rings. The van der Waals surface area contributed by atoms with Crippen molar-refractivity contribution in [1.29, 1.82) is 0 Å². The van der Waals surface area contributed by atoms with Crippen LogP contribution in [0.1, 0.15) is 12.5 Å². The molecule has 1 unspecified atom stereocenters. The summed E-state index contributed by atoms with van der Waals surface area (Å²) < 4.78 is 37.3. The second-order valence-corrected chi connectivity index (χ2v) is 4.11. The largest absolute Gasteiger partial charge is 0.471 e. The normalized spacial score (nSPS) is 19.3. The number of anilines is 2. The zero-order valence-electron chi connectivity index (χ0n) is 9.08. The van der Waals surface area contributed by atoms with Crippen molar-refractivity contribution in [3.8, 4) is 0 Å². The van der Waals surface area contributed by atoms with Crippen LogP contribution in [0.15, 0.2) is 18.2 Å². The summed E-state index contributed by atoms with van der Waals surface area (Å²) in [6.07, 6.45) is -4.46. The Morgan fingerprint density at radius 1 is 1.47 bits per heavy atom. The molecule has 1 amide bonds. The number of fused-ring (bicyclic) bond motifs is 1. The third-order valence-electron chi connectivity index (χ3n) is 2.78. The second-order valence-electron chi connectivity index (χ2n) is 4.11. The summed E-state index contributed by atoms with van der Waals surface area (Å²) in [5.41, 5.74) is 7.02. The van der Waals surface area contributed by atoms with Gasteiger partial charge in [-0.15, -0.1) is 0 Å². The van der Waals surface area contributed by atoms with Crippen molar-refractivity contribution in [2.24, 2.45) is 0 Å². The lowest BCUT2D eigenvalue weighted by molar-refractivity contribution is -0.170. The minimum absolute atomic E-state index is 0.300. The number of alkyl halides is 3. The summed E-state index contributed by atoms with van der Waals surface area (Å²) in [6, 6.07) is 4.06. The molecule has 0 aromatic heterocycles. The maximum absolute atomic E-state index is 12.4. The summed E-state index contributed by atoms with van der Waals surface area (Å²) in [5.74, 6) is -1.83. The smallest absolute Gasteiger partial charge is 0.399 e. The van der Waals surface area contributed by atoms with Crippen molar-refractivity contribution in [2.45, 2.75) is 25.6 Å². The zero-order valence-corrected chi connectivity index (χ0v) is 9.08. The van der Waals surface area contributed by atoms with Crippen molar-refractivity contribution < 1.29 is 18.0 Å². The molecule has 1 aliphatic rings. The molecule has 0 saturated carbocycles. The molecule has 1 aromatic carbocycles. The van der Waals surface area contributed by atoms with E-state index in [-0.39, 0.29) is 0 Å². The summed E-state index contributed by atoms with van der Waals surface area (Å²) in [4.78, 5) is 12.1. The molecule has 0 aliphatic carbocycles. The van der Waals surface area contributed by atoms with Gasteiger partial charge in [-0.2, -0.15) is 13.2 Å². The van der Waals surface area contributed by atoms with Crippen molar-refractivity contribution in [3.05, 3.63) is 23.8 Å². The van der Waals surface area contributed by atoms with Gasteiger partial charge in [0, 0.05) is 17.4 Å². The van der Waals surface area contributed by atoms with Crippen LogP contribution in [0.25, 0.3) is 0 Å². The Hall–Kier alpha value is -1.72. The summed E-state index contributed by atoms with van der Waals surface area (Å²) >= 11 is 0. The molecule has 3 nitrogen and oxygen atoms in total. The molecular weight excluding hydrogens is 233 g/mol. The van der Waals surface area contributed by atoms with Crippen LogP contribution in [0.5, 0.6) is 0 Å². The molecule has 0 radical (unpaired) electrons. The van der Waals surface area contributed by atoms with E-state index >= 15 is 0 Å². The van der Waals surface area contributed by atoms with Crippen LogP contribution in [-0.2, 0) is 11.2 Å². The molecule has 6 heteroatoms. The zero-order chi connectivity index (χ0) is 12.8. The van der Waals surface area contributed by atoms with Gasteiger partial charge in [0.1, 0.15) is 0 Å². The Kier molecular flexibility index (Phi) is 2.52. The Labute approximate surface area is 96.0 Å². The van der Waals surface area contributed by atoms with E-state index in [0.29, 0.717) is 23.4 Å². The number of hydrogen-bond donors (Lipinski definition) is 1. The van der Waals surface area contributed by atoms with Gasteiger partial charge in [-0.25, -0.2) is 0 Å². The Morgan fingerprint density at radius 2 is 2.12 bits per heavy atom. The molecule has 2 rings (SSSR count). The second kappa shape index (κ2) is 3.65. The van der Waals surface area contributed by atoms with E-state index in [1.54, 1.807) is 13.0 Å². The first-order chi connectivity index (χ1) is 7.80. The molecule has 0 saturated heterocycles. The van der Waals surface area contributed by atoms with Crippen molar-refractivity contribution in [1.82, 2.24) is 0 Å².